The van der Waals surface area contributed by atoms with Gasteiger partial charge < -0.3 is 5.32 Å². The Morgan fingerprint density at radius 1 is 1.00 bits per heavy atom. The summed E-state index contributed by atoms with van der Waals surface area (Å²) < 4.78 is 0. The summed E-state index contributed by atoms with van der Waals surface area (Å²) in [6, 6.07) is 18.2. The van der Waals surface area contributed by atoms with E-state index in [-0.39, 0.29) is 0 Å². The van der Waals surface area contributed by atoms with E-state index >= 15 is 0 Å². The van der Waals surface area contributed by atoms with Gasteiger partial charge in [0.2, 0.25) is 0 Å². The minimum atomic E-state index is 0.694. The third-order valence-corrected chi connectivity index (χ3v) is 2.88. The summed E-state index contributed by atoms with van der Waals surface area (Å²) >= 11 is 0. The van der Waals surface area contributed by atoms with Crippen LogP contribution in [0.4, 0.5) is 5.69 Å². The molecule has 0 amide bonds. The molecule has 0 atom stereocenters. The second-order valence-electron chi connectivity index (χ2n) is 4.35. The van der Waals surface area contributed by atoms with Crippen LogP contribution in [0.15, 0.2) is 48.5 Å². The van der Waals surface area contributed by atoms with Gasteiger partial charge >= 0.3 is 0 Å². The smallest absolute Gasteiger partial charge is 0.0991 e. The third kappa shape index (κ3) is 3.36. The van der Waals surface area contributed by atoms with Gasteiger partial charge in [-0.15, -0.1) is 0 Å². The second kappa shape index (κ2) is 5.88. The number of nitriles is 1. The first-order valence-corrected chi connectivity index (χ1v) is 6.07. The molecule has 0 bridgehead atoms. The van der Waals surface area contributed by atoms with Crippen LogP contribution in [0.2, 0.25) is 0 Å². The number of rotatable bonds is 4. The van der Waals surface area contributed by atoms with Gasteiger partial charge in [0.25, 0.3) is 0 Å². The lowest BCUT2D eigenvalue weighted by molar-refractivity contribution is 1.02. The van der Waals surface area contributed by atoms with E-state index in [4.69, 9.17) is 5.26 Å². The van der Waals surface area contributed by atoms with Crippen molar-refractivity contribution in [3.05, 3.63) is 65.2 Å². The molecule has 0 saturated heterocycles. The van der Waals surface area contributed by atoms with E-state index in [9.17, 15) is 0 Å². The third-order valence-electron chi connectivity index (χ3n) is 2.88. The summed E-state index contributed by atoms with van der Waals surface area (Å²) in [5.74, 6) is 0. The van der Waals surface area contributed by atoms with Gasteiger partial charge in [0.1, 0.15) is 0 Å². The van der Waals surface area contributed by atoms with E-state index in [1.54, 1.807) is 0 Å². The quantitative estimate of drug-likeness (QED) is 0.881. The van der Waals surface area contributed by atoms with Crippen molar-refractivity contribution in [2.45, 2.75) is 13.3 Å². The van der Waals surface area contributed by atoms with E-state index in [1.165, 1.54) is 11.1 Å². The minimum Gasteiger partial charge on any atom is -0.385 e. The lowest BCUT2D eigenvalue weighted by atomic mass is 10.1. The molecule has 0 radical (unpaired) electrons. The van der Waals surface area contributed by atoms with Crippen LogP contribution in [0.5, 0.6) is 0 Å². The lowest BCUT2D eigenvalue weighted by Crippen LogP contribution is -2.04. The molecule has 90 valence electrons. The minimum absolute atomic E-state index is 0.694. The summed E-state index contributed by atoms with van der Waals surface area (Å²) in [7, 11) is 0. The first-order valence-electron chi connectivity index (χ1n) is 6.07. The van der Waals surface area contributed by atoms with Crippen LogP contribution < -0.4 is 5.32 Å². The van der Waals surface area contributed by atoms with Crippen molar-refractivity contribution < 1.29 is 0 Å². The Balaban J connectivity index is 1.84. The van der Waals surface area contributed by atoms with Gasteiger partial charge in [-0.1, -0.05) is 29.8 Å². The molecule has 0 aliphatic rings. The van der Waals surface area contributed by atoms with Crippen molar-refractivity contribution in [2.75, 3.05) is 11.9 Å². The molecular weight excluding hydrogens is 220 g/mol. The first kappa shape index (κ1) is 12.2. The summed E-state index contributed by atoms with van der Waals surface area (Å²) in [4.78, 5) is 0. The number of hydrogen-bond acceptors (Lipinski definition) is 2. The van der Waals surface area contributed by atoms with Crippen molar-refractivity contribution in [1.29, 1.82) is 5.26 Å². The predicted molar refractivity (Wildman–Crippen MR) is 74.5 cm³/mol. The number of aryl methyl sites for hydroxylation is 1. The van der Waals surface area contributed by atoms with Crippen LogP contribution in [0, 0.1) is 18.3 Å². The number of hydrogen-bond donors (Lipinski definition) is 1. The van der Waals surface area contributed by atoms with Gasteiger partial charge in [-0.25, -0.2) is 0 Å². The summed E-state index contributed by atoms with van der Waals surface area (Å²) in [5, 5.41) is 12.1. The Bertz CT molecular complexity index is 533. The molecule has 2 rings (SSSR count). The van der Waals surface area contributed by atoms with Crippen LogP contribution in [0.1, 0.15) is 16.7 Å². The molecule has 0 aromatic heterocycles. The highest BCUT2D eigenvalue weighted by atomic mass is 14.9. The Kier molecular flexibility index (Phi) is 3.98. The van der Waals surface area contributed by atoms with Gasteiger partial charge in [-0.05, 0) is 43.2 Å². The second-order valence-corrected chi connectivity index (χ2v) is 4.35. The van der Waals surface area contributed by atoms with Gasteiger partial charge in [0.05, 0.1) is 11.6 Å². The van der Waals surface area contributed by atoms with Gasteiger partial charge in [-0.2, -0.15) is 5.26 Å². The molecule has 0 heterocycles. The predicted octanol–water partition coefficient (Wildman–Crippen LogP) is 3.52. The fraction of sp³-hybridized carbons (Fsp3) is 0.188. The fourth-order valence-corrected chi connectivity index (χ4v) is 1.77. The number of anilines is 1. The molecule has 0 unspecified atom stereocenters. The van der Waals surface area contributed by atoms with Crippen molar-refractivity contribution in [3.63, 3.8) is 0 Å². The molecule has 1 N–H and O–H groups in total. The highest BCUT2D eigenvalue weighted by molar-refractivity contribution is 5.47. The number of nitrogens with one attached hydrogen (secondary N) is 1. The zero-order chi connectivity index (χ0) is 12.8. The summed E-state index contributed by atoms with van der Waals surface area (Å²) in [6.45, 7) is 2.99. The Hall–Kier alpha value is -2.27. The van der Waals surface area contributed by atoms with Crippen LogP contribution in [-0.2, 0) is 6.42 Å². The summed E-state index contributed by atoms with van der Waals surface area (Å²) in [6.07, 6.45) is 1.00. The molecule has 2 heteroatoms. The maximum Gasteiger partial charge on any atom is 0.0991 e. The normalized spacial score (nSPS) is 9.78. The van der Waals surface area contributed by atoms with E-state index in [0.29, 0.717) is 5.56 Å². The SMILES string of the molecule is Cc1ccc(CCNc2ccc(C#N)cc2)cc1. The molecule has 18 heavy (non-hydrogen) atoms. The number of benzene rings is 2. The van der Waals surface area contributed by atoms with Gasteiger partial charge in [-0.3, -0.25) is 0 Å². The van der Waals surface area contributed by atoms with Crippen LogP contribution in [0.3, 0.4) is 0 Å². The Labute approximate surface area is 108 Å². The van der Waals surface area contributed by atoms with Crippen molar-refractivity contribution in [3.8, 4) is 6.07 Å². The van der Waals surface area contributed by atoms with E-state index in [0.717, 1.165) is 18.7 Å². The van der Waals surface area contributed by atoms with Crippen LogP contribution in [-0.4, -0.2) is 6.54 Å². The van der Waals surface area contributed by atoms with Crippen molar-refractivity contribution in [1.82, 2.24) is 0 Å². The maximum atomic E-state index is 8.71. The molecule has 2 aromatic carbocycles. The lowest BCUT2D eigenvalue weighted by Gasteiger charge is -2.06. The highest BCUT2D eigenvalue weighted by Crippen LogP contribution is 2.09. The number of nitrogens with zero attached hydrogens (tertiary/aromatic N) is 1. The molecule has 0 aliphatic carbocycles. The van der Waals surface area contributed by atoms with Gasteiger partial charge in [0.15, 0.2) is 0 Å². The zero-order valence-electron chi connectivity index (χ0n) is 10.5. The monoisotopic (exact) mass is 236 g/mol. The average molecular weight is 236 g/mol. The van der Waals surface area contributed by atoms with Gasteiger partial charge in [0, 0.05) is 12.2 Å². The van der Waals surface area contributed by atoms with Crippen molar-refractivity contribution in [2.24, 2.45) is 0 Å². The topological polar surface area (TPSA) is 35.8 Å². The molecule has 0 saturated carbocycles. The average Bonchev–Trinajstić information content (AvgIpc) is 2.42. The fourth-order valence-electron chi connectivity index (χ4n) is 1.77. The van der Waals surface area contributed by atoms with Crippen molar-refractivity contribution >= 4 is 5.69 Å². The largest absolute Gasteiger partial charge is 0.385 e. The zero-order valence-corrected chi connectivity index (χ0v) is 10.5. The molecular formula is C16H16N2. The Morgan fingerprint density at radius 2 is 1.67 bits per heavy atom. The molecule has 0 spiro atoms. The highest BCUT2D eigenvalue weighted by Gasteiger charge is 1.95. The van der Waals surface area contributed by atoms with Crippen LogP contribution in [0.25, 0.3) is 0 Å². The molecule has 2 nitrogen and oxygen atoms in total. The Morgan fingerprint density at radius 3 is 2.28 bits per heavy atom. The molecule has 0 fully saturated rings. The van der Waals surface area contributed by atoms with Crippen LogP contribution >= 0.6 is 0 Å². The molecule has 2 aromatic rings. The van der Waals surface area contributed by atoms with E-state index < -0.39 is 0 Å². The maximum absolute atomic E-state index is 8.71. The molecule has 0 aliphatic heterocycles. The van der Waals surface area contributed by atoms with E-state index in [2.05, 4.69) is 42.6 Å². The standard InChI is InChI=1S/C16H16N2/c1-13-2-4-14(5-3-13)10-11-18-16-8-6-15(12-17)7-9-16/h2-9,18H,10-11H2,1H3. The first-order chi connectivity index (χ1) is 8.78. The van der Waals surface area contributed by atoms with E-state index in [1.807, 2.05) is 24.3 Å². The summed E-state index contributed by atoms with van der Waals surface area (Å²) in [5.41, 5.74) is 4.38.